The van der Waals surface area contributed by atoms with Gasteiger partial charge < -0.3 is 10.1 Å². The maximum atomic E-state index is 12.3. The van der Waals surface area contributed by atoms with Crippen molar-refractivity contribution in [1.82, 2.24) is 5.32 Å². The molecule has 1 atom stereocenters. The Labute approximate surface area is 112 Å². The number of ether oxygens (including phenoxy) is 1. The van der Waals surface area contributed by atoms with Gasteiger partial charge >= 0.3 is 0 Å². The van der Waals surface area contributed by atoms with E-state index < -0.39 is 0 Å². The molecule has 0 aliphatic carbocycles. The van der Waals surface area contributed by atoms with Crippen molar-refractivity contribution in [3.05, 3.63) is 28.3 Å². The van der Waals surface area contributed by atoms with Gasteiger partial charge in [0.2, 0.25) is 0 Å². The molecule has 1 aromatic carbocycles. The van der Waals surface area contributed by atoms with E-state index in [1.807, 2.05) is 13.0 Å². The predicted octanol–water partition coefficient (Wildman–Crippen LogP) is 2.84. The molecule has 2 rings (SSSR count). The van der Waals surface area contributed by atoms with Gasteiger partial charge in [0.1, 0.15) is 5.75 Å². The molecular weight excluding hydrogens is 250 g/mol. The summed E-state index contributed by atoms with van der Waals surface area (Å²) >= 11 is 6.02. The van der Waals surface area contributed by atoms with Crippen LogP contribution in [0.2, 0.25) is 5.02 Å². The Bertz CT molecular complexity index is 453. The summed E-state index contributed by atoms with van der Waals surface area (Å²) in [5, 5.41) is 3.86. The number of methoxy groups -OCH3 is 1. The van der Waals surface area contributed by atoms with Crippen LogP contribution in [0.3, 0.4) is 0 Å². The molecule has 0 amide bonds. The molecule has 1 unspecified atom stereocenters. The monoisotopic (exact) mass is 267 g/mol. The Kier molecular flexibility index (Phi) is 4.25. The zero-order chi connectivity index (χ0) is 13.1. The third-order valence-corrected chi connectivity index (χ3v) is 3.60. The first-order valence-electron chi connectivity index (χ1n) is 6.20. The molecular formula is C14H18ClNO2. The van der Waals surface area contributed by atoms with Crippen molar-refractivity contribution in [2.24, 2.45) is 5.92 Å². The van der Waals surface area contributed by atoms with Crippen molar-refractivity contribution in [1.29, 1.82) is 0 Å². The van der Waals surface area contributed by atoms with E-state index in [0.717, 1.165) is 25.1 Å². The van der Waals surface area contributed by atoms with Crippen molar-refractivity contribution in [3.8, 4) is 5.75 Å². The van der Waals surface area contributed by atoms with Gasteiger partial charge in [0.05, 0.1) is 12.7 Å². The molecule has 1 aromatic rings. The molecule has 1 aliphatic heterocycles. The van der Waals surface area contributed by atoms with Gasteiger partial charge in [0, 0.05) is 11.4 Å². The van der Waals surface area contributed by atoms with E-state index in [0.29, 0.717) is 28.7 Å². The maximum Gasteiger partial charge on any atom is 0.166 e. The van der Waals surface area contributed by atoms with Gasteiger partial charge in [0.25, 0.3) is 0 Å². The third-order valence-electron chi connectivity index (χ3n) is 3.38. The molecule has 4 heteroatoms. The first-order chi connectivity index (χ1) is 8.61. The number of aryl methyl sites for hydroxylation is 1. The number of rotatable bonds is 4. The number of nitrogens with one attached hydrogen (secondary N) is 1. The summed E-state index contributed by atoms with van der Waals surface area (Å²) in [7, 11) is 1.59. The molecule has 18 heavy (non-hydrogen) atoms. The number of Topliss-reactive ketones (excluding diaryl/α,β-unsaturated/α-hetero) is 1. The van der Waals surface area contributed by atoms with E-state index in [9.17, 15) is 4.79 Å². The molecule has 1 saturated heterocycles. The van der Waals surface area contributed by atoms with Gasteiger partial charge in [-0.25, -0.2) is 0 Å². The second-order valence-corrected chi connectivity index (χ2v) is 5.23. The van der Waals surface area contributed by atoms with Crippen LogP contribution < -0.4 is 10.1 Å². The highest BCUT2D eigenvalue weighted by molar-refractivity contribution is 6.31. The zero-order valence-corrected chi connectivity index (χ0v) is 11.5. The predicted molar refractivity (Wildman–Crippen MR) is 72.7 cm³/mol. The molecule has 0 radical (unpaired) electrons. The summed E-state index contributed by atoms with van der Waals surface area (Å²) in [6.45, 7) is 3.83. The number of carbonyl (C=O) groups is 1. The van der Waals surface area contributed by atoms with Crippen molar-refractivity contribution in [3.63, 3.8) is 0 Å². The third kappa shape index (κ3) is 2.85. The van der Waals surface area contributed by atoms with E-state index in [4.69, 9.17) is 16.3 Å². The Balaban J connectivity index is 2.22. The van der Waals surface area contributed by atoms with Gasteiger partial charge in [0.15, 0.2) is 5.78 Å². The van der Waals surface area contributed by atoms with E-state index in [2.05, 4.69) is 5.32 Å². The van der Waals surface area contributed by atoms with Gasteiger partial charge in [-0.1, -0.05) is 11.6 Å². The smallest absolute Gasteiger partial charge is 0.166 e. The number of halogens is 1. The van der Waals surface area contributed by atoms with Crippen LogP contribution >= 0.6 is 11.6 Å². The van der Waals surface area contributed by atoms with Crippen molar-refractivity contribution < 1.29 is 9.53 Å². The normalized spacial score (nSPS) is 18.9. The van der Waals surface area contributed by atoms with Crippen molar-refractivity contribution in [2.45, 2.75) is 19.8 Å². The van der Waals surface area contributed by atoms with Crippen LogP contribution in [0, 0.1) is 12.8 Å². The lowest BCUT2D eigenvalue weighted by molar-refractivity contribution is 0.0961. The van der Waals surface area contributed by atoms with Crippen molar-refractivity contribution >= 4 is 17.4 Å². The van der Waals surface area contributed by atoms with Crippen molar-refractivity contribution in [2.75, 3.05) is 20.2 Å². The second kappa shape index (κ2) is 5.72. The summed E-state index contributed by atoms with van der Waals surface area (Å²) in [5.41, 5.74) is 1.51. The quantitative estimate of drug-likeness (QED) is 0.853. The van der Waals surface area contributed by atoms with Crippen LogP contribution in [0.5, 0.6) is 5.75 Å². The fourth-order valence-corrected chi connectivity index (χ4v) is 2.74. The number of hydrogen-bond donors (Lipinski definition) is 1. The minimum absolute atomic E-state index is 0.117. The van der Waals surface area contributed by atoms with Gasteiger partial charge in [-0.3, -0.25) is 4.79 Å². The van der Waals surface area contributed by atoms with Crippen LogP contribution in [0.25, 0.3) is 0 Å². The SMILES string of the molecule is COc1c(C)cc(Cl)cc1C(=O)CC1CCNC1. The Morgan fingerprint density at radius 1 is 1.56 bits per heavy atom. The highest BCUT2D eigenvalue weighted by Gasteiger charge is 2.22. The summed E-state index contributed by atoms with van der Waals surface area (Å²) in [6.07, 6.45) is 1.62. The lowest BCUT2D eigenvalue weighted by Crippen LogP contribution is -2.13. The summed E-state index contributed by atoms with van der Waals surface area (Å²) in [6, 6.07) is 3.52. The number of benzene rings is 1. The number of ketones is 1. The van der Waals surface area contributed by atoms with E-state index in [1.54, 1.807) is 13.2 Å². The molecule has 0 spiro atoms. The molecule has 1 aliphatic rings. The van der Waals surface area contributed by atoms with E-state index in [1.165, 1.54) is 0 Å². The average Bonchev–Trinajstić information content (AvgIpc) is 2.80. The Hall–Kier alpha value is -1.06. The number of carbonyl (C=O) groups excluding carboxylic acids is 1. The second-order valence-electron chi connectivity index (χ2n) is 4.79. The minimum Gasteiger partial charge on any atom is -0.496 e. The van der Waals surface area contributed by atoms with Crippen LogP contribution in [0.4, 0.5) is 0 Å². The largest absolute Gasteiger partial charge is 0.496 e. The van der Waals surface area contributed by atoms with Crippen LogP contribution in [0.15, 0.2) is 12.1 Å². The zero-order valence-electron chi connectivity index (χ0n) is 10.8. The number of hydrogen-bond acceptors (Lipinski definition) is 3. The molecule has 0 bridgehead atoms. The standard InChI is InChI=1S/C14H18ClNO2/c1-9-5-11(15)7-12(14(9)18-2)13(17)6-10-3-4-16-8-10/h5,7,10,16H,3-4,6,8H2,1-2H3. The topological polar surface area (TPSA) is 38.3 Å². The lowest BCUT2D eigenvalue weighted by Gasteiger charge is -2.13. The molecule has 1 N–H and O–H groups in total. The van der Waals surface area contributed by atoms with E-state index in [-0.39, 0.29) is 5.78 Å². The first kappa shape index (κ1) is 13.4. The van der Waals surface area contributed by atoms with Gasteiger partial charge in [-0.05, 0) is 50.0 Å². The van der Waals surface area contributed by atoms with Crippen LogP contribution in [-0.2, 0) is 0 Å². The lowest BCUT2D eigenvalue weighted by atomic mass is 9.96. The minimum atomic E-state index is 0.117. The summed E-state index contributed by atoms with van der Waals surface area (Å²) < 4.78 is 5.32. The molecule has 1 fully saturated rings. The van der Waals surface area contributed by atoms with Gasteiger partial charge in [-0.15, -0.1) is 0 Å². The molecule has 0 saturated carbocycles. The van der Waals surface area contributed by atoms with Crippen LogP contribution in [-0.4, -0.2) is 26.0 Å². The Morgan fingerprint density at radius 3 is 2.94 bits per heavy atom. The summed E-state index contributed by atoms with van der Waals surface area (Å²) in [4.78, 5) is 12.3. The fourth-order valence-electron chi connectivity index (χ4n) is 2.47. The molecule has 98 valence electrons. The highest BCUT2D eigenvalue weighted by atomic mass is 35.5. The fraction of sp³-hybridized carbons (Fsp3) is 0.500. The molecule has 1 heterocycles. The molecule has 0 aromatic heterocycles. The summed E-state index contributed by atoms with van der Waals surface area (Å²) in [5.74, 6) is 1.20. The van der Waals surface area contributed by atoms with E-state index >= 15 is 0 Å². The first-order valence-corrected chi connectivity index (χ1v) is 6.57. The molecule has 3 nitrogen and oxygen atoms in total. The maximum absolute atomic E-state index is 12.3. The average molecular weight is 268 g/mol. The Morgan fingerprint density at radius 2 is 2.33 bits per heavy atom. The highest BCUT2D eigenvalue weighted by Crippen LogP contribution is 2.29. The van der Waals surface area contributed by atoms with Crippen LogP contribution in [0.1, 0.15) is 28.8 Å². The van der Waals surface area contributed by atoms with Gasteiger partial charge in [-0.2, -0.15) is 0 Å².